The third-order valence-electron chi connectivity index (χ3n) is 8.49. The van der Waals surface area contributed by atoms with Gasteiger partial charge in [0.2, 0.25) is 11.8 Å². The number of carbonyl (C=O) groups is 5. The maximum absolute atomic E-state index is 12.4. The minimum atomic E-state index is -2.37. The number of nitrogens with one attached hydrogen (secondary N) is 2. The standard InChI is InChI=1S/C28H44N2O23/c1-6(34)29-8(3-31)19(12(37)9(36)4-32)49-28-18(43)16(41)21(23(53-28)25(46)47)51-26-11(30-7(2)35)20(13(38)10(5-33)48-26)50-27-17(42)14(39)15(40)22(52-27)24(44)45/h3,8-23,26-28,32-33,36-43H,4-5H2,1-2H3,(H,29,34)(H,30,35)(H,44,45)(H,46,47)/t8-,9+,10+,11+,12+,13+,14-,15-,16+,17+,18+,19+,20+,21-,22-,23-,26-,27+,28+/m0/s1. The van der Waals surface area contributed by atoms with Crippen molar-refractivity contribution < 1.29 is 114 Å². The summed E-state index contributed by atoms with van der Waals surface area (Å²) >= 11 is 0. The Balaban J connectivity index is 1.96. The molecule has 25 heteroatoms. The lowest BCUT2D eigenvalue weighted by Gasteiger charge is -2.49. The average Bonchev–Trinajstić information content (AvgIpc) is 3.09. The SMILES string of the molecule is CC(=O)N[C@H]1[C@H](O[C@H]2[C@H](O)[C@@H](O)[C@H](O[C@@H]([C@H](O)[C@H](O)CO)[C@H](C=O)NC(C)=O)O[C@@H]2C(=O)O)O[C@H](CO)[C@@H](O)[C@@H]1O[C@@H]1O[C@H](C(=O)O)[C@@H](O)[C@H](O)[C@H]1O. The highest BCUT2D eigenvalue weighted by molar-refractivity contribution is 5.77. The zero-order valence-corrected chi connectivity index (χ0v) is 27.8. The predicted octanol–water partition coefficient (Wildman–Crippen LogP) is -9.43. The van der Waals surface area contributed by atoms with Crippen LogP contribution in [0.15, 0.2) is 0 Å². The van der Waals surface area contributed by atoms with Crippen molar-refractivity contribution in [2.45, 2.75) is 130 Å². The minimum Gasteiger partial charge on any atom is -0.479 e. The molecule has 0 spiro atoms. The fourth-order valence-corrected chi connectivity index (χ4v) is 5.80. The van der Waals surface area contributed by atoms with Crippen LogP contribution in [-0.4, -0.2) is 221 Å². The molecule has 0 aromatic heterocycles. The highest BCUT2D eigenvalue weighted by Gasteiger charge is 2.56. The van der Waals surface area contributed by atoms with Crippen molar-refractivity contribution in [1.29, 1.82) is 0 Å². The summed E-state index contributed by atoms with van der Waals surface area (Å²) in [6, 6.07) is -3.63. The Morgan fingerprint density at radius 2 is 1.28 bits per heavy atom. The van der Waals surface area contributed by atoms with Gasteiger partial charge in [-0.05, 0) is 0 Å². The number of aliphatic hydroxyl groups excluding tert-OH is 10. The third-order valence-corrected chi connectivity index (χ3v) is 8.49. The van der Waals surface area contributed by atoms with Gasteiger partial charge < -0.3 is 105 Å². The summed E-state index contributed by atoms with van der Waals surface area (Å²) in [5, 5.41) is 127. The first-order valence-electron chi connectivity index (χ1n) is 15.8. The molecule has 3 saturated heterocycles. The van der Waals surface area contributed by atoms with Gasteiger partial charge in [-0.2, -0.15) is 0 Å². The number of aliphatic carboxylic acids is 2. The Kier molecular flexibility index (Phi) is 15.9. The molecule has 3 aliphatic rings. The molecule has 25 nitrogen and oxygen atoms in total. The second-order valence-electron chi connectivity index (χ2n) is 12.3. The van der Waals surface area contributed by atoms with E-state index in [9.17, 15) is 85.3 Å². The van der Waals surface area contributed by atoms with Crippen LogP contribution >= 0.6 is 0 Å². The molecule has 19 atom stereocenters. The molecule has 0 saturated carbocycles. The van der Waals surface area contributed by atoms with Crippen LogP contribution in [0.3, 0.4) is 0 Å². The number of amides is 2. The fourth-order valence-electron chi connectivity index (χ4n) is 5.80. The first-order valence-corrected chi connectivity index (χ1v) is 15.8. The van der Waals surface area contributed by atoms with E-state index < -0.39 is 153 Å². The van der Waals surface area contributed by atoms with Crippen LogP contribution in [0.5, 0.6) is 0 Å². The molecule has 3 heterocycles. The summed E-state index contributed by atoms with van der Waals surface area (Å²) in [5.41, 5.74) is 0. The Hall–Kier alpha value is -3.09. The van der Waals surface area contributed by atoms with Gasteiger partial charge in [0, 0.05) is 13.8 Å². The molecule has 0 unspecified atom stereocenters. The number of carboxylic acids is 2. The first kappa shape index (κ1) is 44.3. The van der Waals surface area contributed by atoms with E-state index in [0.29, 0.717) is 0 Å². The van der Waals surface area contributed by atoms with Crippen LogP contribution in [0.1, 0.15) is 13.8 Å². The van der Waals surface area contributed by atoms with Crippen LogP contribution in [0.25, 0.3) is 0 Å². The number of aliphatic hydroxyl groups is 10. The Labute approximate surface area is 298 Å². The average molecular weight is 777 g/mol. The molecule has 0 aromatic rings. The smallest absolute Gasteiger partial charge is 0.335 e. The lowest BCUT2D eigenvalue weighted by atomic mass is 9.94. The fraction of sp³-hybridized carbons (Fsp3) is 0.821. The zero-order chi connectivity index (χ0) is 40.1. The van der Waals surface area contributed by atoms with E-state index in [1.807, 2.05) is 0 Å². The number of hydrogen-bond acceptors (Lipinski definition) is 21. The Morgan fingerprint density at radius 3 is 1.79 bits per heavy atom. The molecule has 0 bridgehead atoms. The van der Waals surface area contributed by atoms with Gasteiger partial charge in [-0.1, -0.05) is 0 Å². The quantitative estimate of drug-likeness (QED) is 0.0647. The molecule has 14 N–H and O–H groups in total. The van der Waals surface area contributed by atoms with E-state index in [1.54, 1.807) is 0 Å². The van der Waals surface area contributed by atoms with E-state index in [1.165, 1.54) is 0 Å². The number of carboxylic acid groups (broad SMARTS) is 2. The maximum atomic E-state index is 12.4. The van der Waals surface area contributed by atoms with Crippen molar-refractivity contribution in [2.75, 3.05) is 13.2 Å². The van der Waals surface area contributed by atoms with Crippen molar-refractivity contribution in [2.24, 2.45) is 0 Å². The van der Waals surface area contributed by atoms with Crippen LogP contribution in [0.4, 0.5) is 0 Å². The van der Waals surface area contributed by atoms with Gasteiger partial charge in [0.05, 0.1) is 13.2 Å². The van der Waals surface area contributed by atoms with Gasteiger partial charge in [0.15, 0.2) is 31.1 Å². The van der Waals surface area contributed by atoms with Gasteiger partial charge in [-0.15, -0.1) is 0 Å². The molecule has 3 rings (SSSR count). The van der Waals surface area contributed by atoms with Gasteiger partial charge in [-0.3, -0.25) is 9.59 Å². The van der Waals surface area contributed by atoms with Crippen molar-refractivity contribution in [3.8, 4) is 0 Å². The van der Waals surface area contributed by atoms with E-state index in [-0.39, 0.29) is 6.29 Å². The minimum absolute atomic E-state index is 0.0424. The molecule has 0 radical (unpaired) electrons. The molecule has 0 aromatic carbocycles. The van der Waals surface area contributed by atoms with E-state index in [0.717, 1.165) is 13.8 Å². The summed E-state index contributed by atoms with van der Waals surface area (Å²) in [4.78, 5) is 59.7. The number of rotatable bonds is 16. The van der Waals surface area contributed by atoms with Crippen molar-refractivity contribution in [3.63, 3.8) is 0 Å². The number of carbonyl (C=O) groups excluding carboxylic acids is 3. The van der Waals surface area contributed by atoms with Gasteiger partial charge in [0.25, 0.3) is 0 Å². The van der Waals surface area contributed by atoms with Crippen molar-refractivity contribution in [1.82, 2.24) is 10.6 Å². The number of ether oxygens (including phenoxy) is 6. The Bertz CT molecular complexity index is 1280. The van der Waals surface area contributed by atoms with Gasteiger partial charge in [0.1, 0.15) is 91.6 Å². The van der Waals surface area contributed by atoms with E-state index in [4.69, 9.17) is 28.4 Å². The number of aldehydes is 1. The summed E-state index contributed by atoms with van der Waals surface area (Å²) in [7, 11) is 0. The second kappa shape index (κ2) is 19.0. The summed E-state index contributed by atoms with van der Waals surface area (Å²) in [6.07, 6.45) is -36.4. The monoisotopic (exact) mass is 776 g/mol. The van der Waals surface area contributed by atoms with Crippen molar-refractivity contribution in [3.05, 3.63) is 0 Å². The molecule has 0 aliphatic carbocycles. The molecule has 53 heavy (non-hydrogen) atoms. The summed E-state index contributed by atoms with van der Waals surface area (Å²) in [6.45, 7) is -0.234. The van der Waals surface area contributed by atoms with Crippen molar-refractivity contribution >= 4 is 30.0 Å². The highest BCUT2D eigenvalue weighted by Crippen LogP contribution is 2.33. The largest absolute Gasteiger partial charge is 0.479 e. The topological polar surface area (TPSA) is 408 Å². The first-order chi connectivity index (χ1) is 24.8. The zero-order valence-electron chi connectivity index (χ0n) is 27.8. The number of hydrogen-bond donors (Lipinski definition) is 14. The van der Waals surface area contributed by atoms with E-state index >= 15 is 0 Å². The van der Waals surface area contributed by atoms with Crippen LogP contribution < -0.4 is 10.6 Å². The summed E-state index contributed by atoms with van der Waals surface area (Å²) in [5.74, 6) is -5.47. The molecular formula is C28H44N2O23. The molecule has 2 amide bonds. The second-order valence-corrected chi connectivity index (χ2v) is 12.3. The lowest BCUT2D eigenvalue weighted by Crippen LogP contribution is -2.70. The Morgan fingerprint density at radius 1 is 0.717 bits per heavy atom. The molecule has 3 fully saturated rings. The third kappa shape index (κ3) is 10.2. The van der Waals surface area contributed by atoms with Crippen LogP contribution in [0, 0.1) is 0 Å². The van der Waals surface area contributed by atoms with Gasteiger partial charge >= 0.3 is 11.9 Å². The highest BCUT2D eigenvalue weighted by atomic mass is 16.8. The molecule has 304 valence electrons. The van der Waals surface area contributed by atoms with E-state index in [2.05, 4.69) is 10.6 Å². The summed E-state index contributed by atoms with van der Waals surface area (Å²) < 4.78 is 32.6. The lowest BCUT2D eigenvalue weighted by molar-refractivity contribution is -0.364. The molecule has 3 aliphatic heterocycles. The van der Waals surface area contributed by atoms with Gasteiger partial charge in [-0.25, -0.2) is 9.59 Å². The van der Waals surface area contributed by atoms with Crippen LogP contribution in [-0.2, 0) is 52.4 Å². The normalized spacial score (nSPS) is 39.9. The van der Waals surface area contributed by atoms with Crippen LogP contribution in [0.2, 0.25) is 0 Å². The predicted molar refractivity (Wildman–Crippen MR) is 159 cm³/mol. The molecular weight excluding hydrogens is 732 g/mol. The maximum Gasteiger partial charge on any atom is 0.335 e.